The van der Waals surface area contributed by atoms with E-state index in [0.29, 0.717) is 16.8 Å². The maximum absolute atomic E-state index is 6.44. The van der Waals surface area contributed by atoms with E-state index in [2.05, 4.69) is 38.5 Å². The van der Waals surface area contributed by atoms with E-state index in [9.17, 15) is 0 Å². The van der Waals surface area contributed by atoms with Gasteiger partial charge in [0.05, 0.1) is 10.4 Å². The quantitative estimate of drug-likeness (QED) is 0.388. The topological polar surface area (TPSA) is 79.6 Å². The number of nitrogens with one attached hydrogen (secondary N) is 2. The third-order valence-corrected chi connectivity index (χ3v) is 5.95. The van der Waals surface area contributed by atoms with Gasteiger partial charge in [0.1, 0.15) is 17.8 Å². The maximum atomic E-state index is 6.44. The van der Waals surface area contributed by atoms with Crippen LogP contribution in [0.1, 0.15) is 32.1 Å². The summed E-state index contributed by atoms with van der Waals surface area (Å²) in [7, 11) is 0. The van der Waals surface area contributed by atoms with Crippen LogP contribution in [0.2, 0.25) is 5.02 Å². The standard InChI is InChI=1S/C22H22ClN5/c23-18-11-14(24)7-8-16(18)13-6-9-19-17(10-13)20-21(25-12-26-22(20)28-19)27-15-4-2-1-3-5-15/h6-12,15H,1-5,24H2,(H2,25,26,27,28). The fraction of sp³-hybridized carbons (Fsp3) is 0.273. The van der Waals surface area contributed by atoms with Crippen LogP contribution in [0.15, 0.2) is 42.7 Å². The summed E-state index contributed by atoms with van der Waals surface area (Å²) in [6.45, 7) is 0. The molecule has 5 rings (SSSR count). The first-order valence-corrected chi connectivity index (χ1v) is 10.2. The summed E-state index contributed by atoms with van der Waals surface area (Å²) in [4.78, 5) is 12.4. The van der Waals surface area contributed by atoms with Gasteiger partial charge in [0.15, 0.2) is 0 Å². The molecule has 142 valence electrons. The molecule has 1 saturated carbocycles. The second-order valence-corrected chi connectivity index (χ2v) is 7.96. The largest absolute Gasteiger partial charge is 0.399 e. The summed E-state index contributed by atoms with van der Waals surface area (Å²) in [6.07, 6.45) is 7.90. The number of aromatic nitrogens is 3. The highest BCUT2D eigenvalue weighted by Gasteiger charge is 2.18. The van der Waals surface area contributed by atoms with Crippen molar-refractivity contribution in [2.45, 2.75) is 38.1 Å². The van der Waals surface area contributed by atoms with Crippen molar-refractivity contribution in [2.75, 3.05) is 11.1 Å². The normalized spacial score (nSPS) is 15.3. The van der Waals surface area contributed by atoms with Crippen molar-refractivity contribution in [3.63, 3.8) is 0 Å². The second-order valence-electron chi connectivity index (χ2n) is 7.55. The molecule has 0 saturated heterocycles. The third-order valence-electron chi connectivity index (χ3n) is 5.64. The summed E-state index contributed by atoms with van der Waals surface area (Å²) < 4.78 is 0. The first-order chi connectivity index (χ1) is 13.7. The van der Waals surface area contributed by atoms with Crippen LogP contribution < -0.4 is 11.1 Å². The zero-order valence-electron chi connectivity index (χ0n) is 15.5. The lowest BCUT2D eigenvalue weighted by Crippen LogP contribution is -2.22. The molecule has 0 bridgehead atoms. The molecule has 1 aliphatic carbocycles. The van der Waals surface area contributed by atoms with E-state index >= 15 is 0 Å². The molecule has 1 aliphatic rings. The lowest BCUT2D eigenvalue weighted by Gasteiger charge is -2.23. The van der Waals surface area contributed by atoms with E-state index in [-0.39, 0.29) is 0 Å². The minimum atomic E-state index is 0.478. The number of aromatic amines is 1. The molecular formula is C22H22ClN5. The number of nitrogens with two attached hydrogens (primary N) is 1. The van der Waals surface area contributed by atoms with Crippen LogP contribution in [0.3, 0.4) is 0 Å². The molecule has 0 spiro atoms. The molecule has 4 N–H and O–H groups in total. The smallest absolute Gasteiger partial charge is 0.143 e. The second kappa shape index (κ2) is 6.99. The fourth-order valence-corrected chi connectivity index (χ4v) is 4.50. The highest BCUT2D eigenvalue weighted by molar-refractivity contribution is 6.33. The average molecular weight is 392 g/mol. The molecule has 0 radical (unpaired) electrons. The van der Waals surface area contributed by atoms with Crippen molar-refractivity contribution in [1.29, 1.82) is 0 Å². The van der Waals surface area contributed by atoms with Gasteiger partial charge in [0, 0.05) is 28.2 Å². The van der Waals surface area contributed by atoms with Crippen LogP contribution in [0, 0.1) is 0 Å². The number of H-pyrrole nitrogens is 1. The molecular weight excluding hydrogens is 370 g/mol. The van der Waals surface area contributed by atoms with Gasteiger partial charge in [-0.3, -0.25) is 0 Å². The minimum absolute atomic E-state index is 0.478. The first kappa shape index (κ1) is 17.3. The molecule has 0 unspecified atom stereocenters. The van der Waals surface area contributed by atoms with E-state index in [0.717, 1.165) is 38.9 Å². The molecule has 4 aromatic rings. The van der Waals surface area contributed by atoms with E-state index in [1.165, 1.54) is 32.1 Å². The lowest BCUT2D eigenvalue weighted by molar-refractivity contribution is 0.462. The Morgan fingerprint density at radius 3 is 2.71 bits per heavy atom. The summed E-state index contributed by atoms with van der Waals surface area (Å²) in [6, 6.07) is 12.4. The molecule has 2 heterocycles. The Morgan fingerprint density at radius 1 is 1.04 bits per heavy atom. The van der Waals surface area contributed by atoms with E-state index in [4.69, 9.17) is 17.3 Å². The minimum Gasteiger partial charge on any atom is -0.399 e. The summed E-state index contributed by atoms with van der Waals surface area (Å²) >= 11 is 6.44. The zero-order chi connectivity index (χ0) is 19.1. The van der Waals surface area contributed by atoms with Gasteiger partial charge in [-0.15, -0.1) is 0 Å². The van der Waals surface area contributed by atoms with Gasteiger partial charge in [-0.05, 0) is 42.7 Å². The zero-order valence-corrected chi connectivity index (χ0v) is 16.3. The van der Waals surface area contributed by atoms with Crippen LogP contribution in [-0.2, 0) is 0 Å². The van der Waals surface area contributed by atoms with Crippen LogP contribution in [0.25, 0.3) is 33.1 Å². The van der Waals surface area contributed by atoms with E-state index < -0.39 is 0 Å². The van der Waals surface area contributed by atoms with Crippen LogP contribution in [0.5, 0.6) is 0 Å². The number of hydrogen-bond donors (Lipinski definition) is 3. The number of fused-ring (bicyclic) bond motifs is 3. The molecule has 2 aromatic heterocycles. The van der Waals surface area contributed by atoms with Gasteiger partial charge in [0.2, 0.25) is 0 Å². The number of anilines is 2. The van der Waals surface area contributed by atoms with Gasteiger partial charge in [-0.2, -0.15) is 0 Å². The van der Waals surface area contributed by atoms with Crippen molar-refractivity contribution in [3.05, 3.63) is 47.7 Å². The number of rotatable bonds is 3. The average Bonchev–Trinajstić information content (AvgIpc) is 3.07. The number of nitrogens with zero attached hydrogens (tertiary/aromatic N) is 2. The molecule has 28 heavy (non-hydrogen) atoms. The summed E-state index contributed by atoms with van der Waals surface area (Å²) in [5.41, 5.74) is 10.4. The summed E-state index contributed by atoms with van der Waals surface area (Å²) in [5, 5.41) is 6.45. The fourth-order valence-electron chi connectivity index (χ4n) is 4.21. The van der Waals surface area contributed by atoms with Crippen molar-refractivity contribution in [3.8, 4) is 11.1 Å². The predicted octanol–water partition coefficient (Wildman–Crippen LogP) is 5.76. The predicted molar refractivity (Wildman–Crippen MR) is 117 cm³/mol. The lowest BCUT2D eigenvalue weighted by atomic mass is 9.95. The van der Waals surface area contributed by atoms with E-state index in [1.807, 2.05) is 12.1 Å². The first-order valence-electron chi connectivity index (χ1n) is 9.77. The Labute approximate surface area is 168 Å². The third kappa shape index (κ3) is 3.06. The van der Waals surface area contributed by atoms with Crippen LogP contribution in [0.4, 0.5) is 11.5 Å². The van der Waals surface area contributed by atoms with Crippen LogP contribution in [-0.4, -0.2) is 21.0 Å². The number of nitrogen functional groups attached to an aromatic ring is 1. The van der Waals surface area contributed by atoms with Crippen molar-refractivity contribution >= 4 is 45.0 Å². The molecule has 1 fully saturated rings. The maximum Gasteiger partial charge on any atom is 0.143 e. The SMILES string of the molecule is Nc1ccc(-c2ccc3[nH]c4ncnc(NC5CCCCC5)c4c3c2)c(Cl)c1. The molecule has 5 nitrogen and oxygen atoms in total. The number of halogens is 1. The molecule has 0 aliphatic heterocycles. The van der Waals surface area contributed by atoms with Gasteiger partial charge in [-0.1, -0.05) is 43.0 Å². The van der Waals surface area contributed by atoms with E-state index in [1.54, 1.807) is 12.4 Å². The summed E-state index contributed by atoms with van der Waals surface area (Å²) in [5.74, 6) is 0.906. The Kier molecular flexibility index (Phi) is 4.32. The van der Waals surface area contributed by atoms with Crippen LogP contribution >= 0.6 is 11.6 Å². The Morgan fingerprint density at radius 2 is 1.89 bits per heavy atom. The highest BCUT2D eigenvalue weighted by atomic mass is 35.5. The Bertz CT molecular complexity index is 1160. The number of hydrogen-bond acceptors (Lipinski definition) is 4. The van der Waals surface area contributed by atoms with Crippen molar-refractivity contribution < 1.29 is 0 Å². The Balaban J connectivity index is 1.64. The highest BCUT2D eigenvalue weighted by Crippen LogP contribution is 2.36. The van der Waals surface area contributed by atoms with Crippen molar-refractivity contribution in [2.24, 2.45) is 0 Å². The van der Waals surface area contributed by atoms with Gasteiger partial charge < -0.3 is 16.0 Å². The molecule has 0 amide bonds. The molecule has 2 aromatic carbocycles. The van der Waals surface area contributed by atoms with Crippen molar-refractivity contribution in [1.82, 2.24) is 15.0 Å². The number of benzene rings is 2. The van der Waals surface area contributed by atoms with Gasteiger partial charge >= 0.3 is 0 Å². The molecule has 0 atom stereocenters. The van der Waals surface area contributed by atoms with Gasteiger partial charge in [0.25, 0.3) is 0 Å². The molecule has 6 heteroatoms. The monoisotopic (exact) mass is 391 g/mol. The Hall–Kier alpha value is -2.79. The van der Waals surface area contributed by atoms with Gasteiger partial charge in [-0.25, -0.2) is 9.97 Å².